The highest BCUT2D eigenvalue weighted by Crippen LogP contribution is 2.07. The van der Waals surface area contributed by atoms with E-state index >= 15 is 0 Å². The standard InChI is InChI=1S/C14H18N4O/c1-11-3-5-13(6-4-11)17-14(19)9-15-7-12-8-16-18(2)10-12/h3-6,8,10,15H,7,9H2,1-2H3,(H,17,19). The third-order valence-corrected chi connectivity index (χ3v) is 2.71. The molecular formula is C14H18N4O. The van der Waals surface area contributed by atoms with Crippen LogP contribution in [0.15, 0.2) is 36.7 Å². The van der Waals surface area contributed by atoms with E-state index in [9.17, 15) is 4.79 Å². The van der Waals surface area contributed by atoms with Gasteiger partial charge < -0.3 is 10.6 Å². The topological polar surface area (TPSA) is 59.0 Å². The lowest BCUT2D eigenvalue weighted by atomic mass is 10.2. The average molecular weight is 258 g/mol. The van der Waals surface area contributed by atoms with Gasteiger partial charge in [-0.3, -0.25) is 9.48 Å². The fourth-order valence-electron chi connectivity index (χ4n) is 1.73. The summed E-state index contributed by atoms with van der Waals surface area (Å²) in [4.78, 5) is 11.7. The highest BCUT2D eigenvalue weighted by molar-refractivity contribution is 5.92. The van der Waals surface area contributed by atoms with Crippen molar-refractivity contribution in [2.45, 2.75) is 13.5 Å². The van der Waals surface area contributed by atoms with Crippen molar-refractivity contribution in [3.8, 4) is 0 Å². The van der Waals surface area contributed by atoms with E-state index in [0.717, 1.165) is 11.3 Å². The number of nitrogens with one attached hydrogen (secondary N) is 2. The van der Waals surface area contributed by atoms with Crippen LogP contribution in [-0.2, 0) is 18.4 Å². The lowest BCUT2D eigenvalue weighted by Crippen LogP contribution is -2.27. The molecule has 2 aromatic rings. The summed E-state index contributed by atoms with van der Waals surface area (Å²) in [6.45, 7) is 2.93. The quantitative estimate of drug-likeness (QED) is 0.853. The first-order chi connectivity index (χ1) is 9.13. The van der Waals surface area contributed by atoms with Gasteiger partial charge in [0.05, 0.1) is 12.7 Å². The van der Waals surface area contributed by atoms with Crippen LogP contribution >= 0.6 is 0 Å². The van der Waals surface area contributed by atoms with Crippen LogP contribution in [0, 0.1) is 6.92 Å². The van der Waals surface area contributed by atoms with Crippen molar-refractivity contribution in [3.05, 3.63) is 47.8 Å². The number of carbonyl (C=O) groups is 1. The van der Waals surface area contributed by atoms with Gasteiger partial charge in [0.1, 0.15) is 0 Å². The molecule has 0 saturated carbocycles. The van der Waals surface area contributed by atoms with E-state index in [4.69, 9.17) is 0 Å². The molecule has 0 atom stereocenters. The van der Waals surface area contributed by atoms with Crippen LogP contribution in [0.5, 0.6) is 0 Å². The molecule has 0 spiro atoms. The van der Waals surface area contributed by atoms with Gasteiger partial charge in [0.25, 0.3) is 0 Å². The lowest BCUT2D eigenvalue weighted by molar-refractivity contribution is -0.115. The second-order valence-corrected chi connectivity index (χ2v) is 4.54. The third-order valence-electron chi connectivity index (χ3n) is 2.71. The van der Waals surface area contributed by atoms with Crippen LogP contribution in [0.1, 0.15) is 11.1 Å². The Morgan fingerprint density at radius 2 is 2.05 bits per heavy atom. The number of amides is 1. The maximum Gasteiger partial charge on any atom is 0.238 e. The Labute approximate surface area is 112 Å². The number of hydrogen-bond donors (Lipinski definition) is 2. The minimum absolute atomic E-state index is 0.0484. The Balaban J connectivity index is 1.74. The van der Waals surface area contributed by atoms with Crippen molar-refractivity contribution in [2.75, 3.05) is 11.9 Å². The van der Waals surface area contributed by atoms with Crippen molar-refractivity contribution in [3.63, 3.8) is 0 Å². The molecule has 0 unspecified atom stereocenters. The molecular weight excluding hydrogens is 240 g/mol. The molecule has 1 aromatic carbocycles. The van der Waals surface area contributed by atoms with Crippen molar-refractivity contribution in [2.24, 2.45) is 7.05 Å². The molecule has 0 radical (unpaired) electrons. The van der Waals surface area contributed by atoms with Crippen molar-refractivity contribution in [1.82, 2.24) is 15.1 Å². The fourth-order valence-corrected chi connectivity index (χ4v) is 1.73. The molecule has 1 amide bonds. The molecule has 2 rings (SSSR count). The minimum atomic E-state index is -0.0484. The number of aryl methyl sites for hydroxylation is 2. The van der Waals surface area contributed by atoms with E-state index in [-0.39, 0.29) is 12.5 Å². The second-order valence-electron chi connectivity index (χ2n) is 4.54. The largest absolute Gasteiger partial charge is 0.325 e. The van der Waals surface area contributed by atoms with Gasteiger partial charge in [0.2, 0.25) is 5.91 Å². The minimum Gasteiger partial charge on any atom is -0.325 e. The number of anilines is 1. The predicted octanol–water partition coefficient (Wildman–Crippen LogP) is 1.46. The van der Waals surface area contributed by atoms with Crippen LogP contribution in [0.3, 0.4) is 0 Å². The van der Waals surface area contributed by atoms with Crippen LogP contribution in [0.25, 0.3) is 0 Å². The van der Waals surface area contributed by atoms with Gasteiger partial charge in [-0.15, -0.1) is 0 Å². The van der Waals surface area contributed by atoms with Crippen molar-refractivity contribution < 1.29 is 4.79 Å². The summed E-state index contributed by atoms with van der Waals surface area (Å²) in [6.07, 6.45) is 3.70. The first kappa shape index (κ1) is 13.3. The molecule has 5 nitrogen and oxygen atoms in total. The molecule has 0 aliphatic rings. The molecule has 19 heavy (non-hydrogen) atoms. The summed E-state index contributed by atoms with van der Waals surface area (Å²) in [5.74, 6) is -0.0484. The van der Waals surface area contributed by atoms with Gasteiger partial charge in [-0.25, -0.2) is 0 Å². The summed E-state index contributed by atoms with van der Waals surface area (Å²) in [6, 6.07) is 7.74. The monoisotopic (exact) mass is 258 g/mol. The summed E-state index contributed by atoms with van der Waals surface area (Å²) >= 11 is 0. The fraction of sp³-hybridized carbons (Fsp3) is 0.286. The van der Waals surface area contributed by atoms with Crippen LogP contribution in [0.4, 0.5) is 5.69 Å². The normalized spacial score (nSPS) is 10.4. The molecule has 0 bridgehead atoms. The van der Waals surface area contributed by atoms with E-state index < -0.39 is 0 Å². The summed E-state index contributed by atoms with van der Waals surface area (Å²) in [7, 11) is 1.87. The molecule has 1 heterocycles. The highest BCUT2D eigenvalue weighted by atomic mass is 16.1. The number of carbonyl (C=O) groups excluding carboxylic acids is 1. The zero-order valence-electron chi connectivity index (χ0n) is 11.2. The van der Waals surface area contributed by atoms with E-state index in [1.165, 1.54) is 5.56 Å². The molecule has 5 heteroatoms. The summed E-state index contributed by atoms with van der Waals surface area (Å²) in [5, 5.41) is 9.99. The number of benzene rings is 1. The van der Waals surface area contributed by atoms with Gasteiger partial charge in [-0.2, -0.15) is 5.10 Å². The predicted molar refractivity (Wildman–Crippen MR) is 74.7 cm³/mol. The van der Waals surface area contributed by atoms with E-state index in [2.05, 4.69) is 15.7 Å². The van der Waals surface area contributed by atoms with Crippen molar-refractivity contribution in [1.29, 1.82) is 0 Å². The van der Waals surface area contributed by atoms with Crippen molar-refractivity contribution >= 4 is 11.6 Å². The van der Waals surface area contributed by atoms with E-state index in [0.29, 0.717) is 6.54 Å². The Morgan fingerprint density at radius 3 is 2.68 bits per heavy atom. The van der Waals surface area contributed by atoms with Gasteiger partial charge in [0.15, 0.2) is 0 Å². The Morgan fingerprint density at radius 1 is 1.32 bits per heavy atom. The highest BCUT2D eigenvalue weighted by Gasteiger charge is 2.02. The van der Waals surface area contributed by atoms with Crippen LogP contribution in [0.2, 0.25) is 0 Å². The first-order valence-electron chi connectivity index (χ1n) is 6.18. The van der Waals surface area contributed by atoms with Crippen LogP contribution in [-0.4, -0.2) is 22.2 Å². The van der Waals surface area contributed by atoms with Gasteiger partial charge in [0, 0.05) is 31.0 Å². The zero-order valence-corrected chi connectivity index (χ0v) is 11.2. The Bertz CT molecular complexity index is 545. The smallest absolute Gasteiger partial charge is 0.238 e. The number of rotatable bonds is 5. The van der Waals surface area contributed by atoms with Gasteiger partial charge in [-0.05, 0) is 19.1 Å². The first-order valence-corrected chi connectivity index (χ1v) is 6.18. The van der Waals surface area contributed by atoms with E-state index in [1.54, 1.807) is 10.9 Å². The SMILES string of the molecule is Cc1ccc(NC(=O)CNCc2cnn(C)c2)cc1. The molecule has 1 aromatic heterocycles. The lowest BCUT2D eigenvalue weighted by Gasteiger charge is -2.06. The number of hydrogen-bond acceptors (Lipinski definition) is 3. The molecule has 100 valence electrons. The maximum absolute atomic E-state index is 11.7. The summed E-state index contributed by atoms with van der Waals surface area (Å²) in [5.41, 5.74) is 3.05. The average Bonchev–Trinajstić information content (AvgIpc) is 2.78. The Kier molecular flexibility index (Phi) is 4.30. The third kappa shape index (κ3) is 4.22. The zero-order chi connectivity index (χ0) is 13.7. The maximum atomic E-state index is 11.7. The molecule has 0 aliphatic carbocycles. The van der Waals surface area contributed by atoms with Gasteiger partial charge in [-0.1, -0.05) is 17.7 Å². The molecule has 0 saturated heterocycles. The Hall–Kier alpha value is -2.14. The summed E-state index contributed by atoms with van der Waals surface area (Å²) < 4.78 is 1.74. The van der Waals surface area contributed by atoms with E-state index in [1.807, 2.05) is 44.4 Å². The number of nitrogens with zero attached hydrogens (tertiary/aromatic N) is 2. The molecule has 0 fully saturated rings. The van der Waals surface area contributed by atoms with Crippen LogP contribution < -0.4 is 10.6 Å². The molecule has 2 N–H and O–H groups in total. The second kappa shape index (κ2) is 6.15. The van der Waals surface area contributed by atoms with Gasteiger partial charge >= 0.3 is 0 Å². The molecule has 0 aliphatic heterocycles. The number of aromatic nitrogens is 2.